The molecule has 0 unspecified atom stereocenters. The van der Waals surface area contributed by atoms with Gasteiger partial charge in [-0.3, -0.25) is 5.10 Å². The number of fused-ring (bicyclic) bond motifs is 1. The van der Waals surface area contributed by atoms with E-state index < -0.39 is 5.97 Å². The molecule has 0 spiro atoms. The van der Waals surface area contributed by atoms with Gasteiger partial charge in [0.25, 0.3) is 0 Å². The molecule has 0 amide bonds. The highest BCUT2D eigenvalue weighted by atomic mass is 16.5. The highest BCUT2D eigenvalue weighted by Gasteiger charge is 2.18. The number of ether oxygens (including phenoxy) is 1. The first kappa shape index (κ1) is 8.61. The molecule has 0 atom stereocenters. The van der Waals surface area contributed by atoms with Crippen LogP contribution in [-0.2, 0) is 4.74 Å². The van der Waals surface area contributed by atoms with E-state index in [1.165, 1.54) is 0 Å². The van der Waals surface area contributed by atoms with E-state index in [0.717, 1.165) is 0 Å². The summed E-state index contributed by atoms with van der Waals surface area (Å²) in [6, 6.07) is 0. The van der Waals surface area contributed by atoms with Gasteiger partial charge in [0.15, 0.2) is 5.65 Å². The molecule has 2 rings (SSSR count). The quantitative estimate of drug-likeness (QED) is 0.678. The summed E-state index contributed by atoms with van der Waals surface area (Å²) in [7, 11) is 0. The van der Waals surface area contributed by atoms with Crippen molar-refractivity contribution in [2.75, 3.05) is 12.3 Å². The fourth-order valence-corrected chi connectivity index (χ4v) is 1.29. The number of nitrogen functional groups attached to an aromatic ring is 1. The average Bonchev–Trinajstić information content (AvgIpc) is 2.63. The molecule has 0 aliphatic carbocycles. The normalized spacial score (nSPS) is 10.6. The first-order chi connectivity index (χ1) is 6.74. The van der Waals surface area contributed by atoms with Gasteiger partial charge in [0.2, 0.25) is 0 Å². The number of hydrogen-bond donors (Lipinski definition) is 2. The van der Waals surface area contributed by atoms with Crippen molar-refractivity contribution in [1.29, 1.82) is 0 Å². The molecule has 0 saturated carbocycles. The summed E-state index contributed by atoms with van der Waals surface area (Å²) in [5, 5.41) is 2.78. The number of nitrogens with zero attached hydrogens (tertiary/aromatic N) is 2. The minimum absolute atomic E-state index is 0.270. The lowest BCUT2D eigenvalue weighted by Crippen LogP contribution is -2.06. The Hall–Kier alpha value is -1.98. The fraction of sp³-hybridized carbons (Fsp3) is 0.250. The van der Waals surface area contributed by atoms with Crippen molar-refractivity contribution < 1.29 is 9.53 Å². The van der Waals surface area contributed by atoms with Crippen LogP contribution in [0.4, 0.5) is 5.82 Å². The summed E-state index contributed by atoms with van der Waals surface area (Å²) in [6.45, 7) is 2.06. The van der Waals surface area contributed by atoms with Gasteiger partial charge in [0.05, 0.1) is 6.61 Å². The maximum atomic E-state index is 11.5. The number of esters is 1. The Labute approximate surface area is 79.7 Å². The average molecular weight is 194 g/mol. The van der Waals surface area contributed by atoms with E-state index in [1.54, 1.807) is 23.8 Å². The number of aromatic nitrogens is 3. The number of aromatic amines is 1. The molecule has 2 heterocycles. The van der Waals surface area contributed by atoms with Crippen molar-refractivity contribution in [3.05, 3.63) is 18.0 Å². The summed E-state index contributed by atoms with van der Waals surface area (Å²) >= 11 is 0. The van der Waals surface area contributed by atoms with Gasteiger partial charge in [0.1, 0.15) is 11.4 Å². The molecular formula is C8H10N4O2. The highest BCUT2D eigenvalue weighted by molar-refractivity contribution is 6.00. The molecule has 6 nitrogen and oxygen atoms in total. The van der Waals surface area contributed by atoms with E-state index >= 15 is 0 Å². The standard InChI is InChI=1S/C8H10N4O2/c1-2-14-8(13)5-6(9)11-12-4-3-10-7(5)12/h3-4,11H,2,9H2,1H3. The van der Waals surface area contributed by atoms with Crippen molar-refractivity contribution in [2.45, 2.75) is 6.92 Å². The van der Waals surface area contributed by atoms with Gasteiger partial charge in [-0.25, -0.2) is 14.3 Å². The van der Waals surface area contributed by atoms with Crippen LogP contribution >= 0.6 is 0 Å². The zero-order valence-electron chi connectivity index (χ0n) is 7.65. The number of anilines is 1. The molecule has 2 aromatic rings. The molecule has 2 aromatic heterocycles. The molecule has 3 N–H and O–H groups in total. The Bertz CT molecular complexity index is 471. The Balaban J connectivity index is 2.53. The van der Waals surface area contributed by atoms with E-state index in [0.29, 0.717) is 12.3 Å². The van der Waals surface area contributed by atoms with Gasteiger partial charge in [-0.05, 0) is 6.92 Å². The molecule has 0 aliphatic heterocycles. The van der Waals surface area contributed by atoms with E-state index in [4.69, 9.17) is 10.5 Å². The lowest BCUT2D eigenvalue weighted by atomic mass is 10.3. The topological polar surface area (TPSA) is 85.4 Å². The van der Waals surface area contributed by atoms with Crippen LogP contribution in [-0.4, -0.2) is 27.2 Å². The molecule has 14 heavy (non-hydrogen) atoms. The van der Waals surface area contributed by atoms with E-state index in [9.17, 15) is 4.79 Å². The second kappa shape index (κ2) is 3.06. The zero-order chi connectivity index (χ0) is 10.1. The molecule has 0 aliphatic rings. The zero-order valence-corrected chi connectivity index (χ0v) is 7.65. The van der Waals surface area contributed by atoms with Crippen LogP contribution in [0.2, 0.25) is 0 Å². The monoisotopic (exact) mass is 194 g/mol. The van der Waals surface area contributed by atoms with E-state index in [-0.39, 0.29) is 11.4 Å². The molecule has 0 bridgehead atoms. The molecular weight excluding hydrogens is 184 g/mol. The lowest BCUT2D eigenvalue weighted by molar-refractivity contribution is 0.0529. The molecule has 0 aromatic carbocycles. The summed E-state index contributed by atoms with van der Waals surface area (Å²) < 4.78 is 6.42. The Morgan fingerprint density at radius 2 is 2.57 bits per heavy atom. The van der Waals surface area contributed by atoms with Crippen LogP contribution in [0.1, 0.15) is 17.3 Å². The third-order valence-corrected chi connectivity index (χ3v) is 1.85. The maximum absolute atomic E-state index is 11.5. The SMILES string of the molecule is CCOC(=O)c1c(N)[nH]n2ccnc12. The molecule has 0 saturated heterocycles. The Morgan fingerprint density at radius 1 is 1.79 bits per heavy atom. The number of carbonyl (C=O) groups is 1. The maximum Gasteiger partial charge on any atom is 0.345 e. The molecule has 6 heteroatoms. The molecule has 74 valence electrons. The minimum atomic E-state index is -0.456. The first-order valence-electron chi connectivity index (χ1n) is 4.21. The van der Waals surface area contributed by atoms with Crippen molar-refractivity contribution in [3.63, 3.8) is 0 Å². The number of H-pyrrole nitrogens is 1. The molecule has 0 radical (unpaired) electrons. The van der Waals surface area contributed by atoms with Crippen LogP contribution in [0.25, 0.3) is 5.65 Å². The van der Waals surface area contributed by atoms with Crippen LogP contribution in [0.3, 0.4) is 0 Å². The number of hydrogen-bond acceptors (Lipinski definition) is 4. The first-order valence-corrected chi connectivity index (χ1v) is 4.21. The predicted octanol–water partition coefficient (Wildman–Crippen LogP) is 0.421. The predicted molar refractivity (Wildman–Crippen MR) is 49.9 cm³/mol. The van der Waals surface area contributed by atoms with Crippen LogP contribution in [0.5, 0.6) is 0 Å². The third-order valence-electron chi connectivity index (χ3n) is 1.85. The van der Waals surface area contributed by atoms with Crippen LogP contribution < -0.4 is 5.73 Å². The van der Waals surface area contributed by atoms with Gasteiger partial charge >= 0.3 is 5.97 Å². The van der Waals surface area contributed by atoms with Crippen molar-refractivity contribution in [1.82, 2.24) is 14.6 Å². The van der Waals surface area contributed by atoms with Crippen molar-refractivity contribution >= 4 is 17.4 Å². The smallest absolute Gasteiger partial charge is 0.345 e. The summed E-state index contributed by atoms with van der Waals surface area (Å²) in [5.41, 5.74) is 6.39. The number of nitrogens with one attached hydrogen (secondary N) is 1. The van der Waals surface area contributed by atoms with Crippen LogP contribution in [0.15, 0.2) is 12.4 Å². The highest BCUT2D eigenvalue weighted by Crippen LogP contribution is 2.16. The second-order valence-electron chi connectivity index (χ2n) is 2.74. The van der Waals surface area contributed by atoms with Crippen molar-refractivity contribution in [3.8, 4) is 0 Å². The Morgan fingerprint density at radius 3 is 3.29 bits per heavy atom. The van der Waals surface area contributed by atoms with Crippen molar-refractivity contribution in [2.24, 2.45) is 0 Å². The van der Waals surface area contributed by atoms with Gasteiger partial charge in [-0.15, -0.1) is 0 Å². The summed E-state index contributed by atoms with van der Waals surface area (Å²) in [6.07, 6.45) is 3.25. The summed E-state index contributed by atoms with van der Waals surface area (Å²) in [5.74, 6) is -0.186. The van der Waals surface area contributed by atoms with E-state index in [2.05, 4.69) is 10.1 Å². The van der Waals surface area contributed by atoms with Gasteiger partial charge in [-0.1, -0.05) is 0 Å². The minimum Gasteiger partial charge on any atom is -0.462 e. The number of nitrogens with two attached hydrogens (primary N) is 1. The summed E-state index contributed by atoms with van der Waals surface area (Å²) in [4.78, 5) is 15.5. The number of imidazole rings is 1. The molecule has 0 fully saturated rings. The number of carbonyl (C=O) groups excluding carboxylic acids is 1. The van der Waals surface area contributed by atoms with Crippen LogP contribution in [0, 0.1) is 0 Å². The number of rotatable bonds is 2. The second-order valence-corrected chi connectivity index (χ2v) is 2.74. The van der Waals surface area contributed by atoms with Gasteiger partial charge in [-0.2, -0.15) is 0 Å². The van der Waals surface area contributed by atoms with E-state index in [1.807, 2.05) is 0 Å². The fourth-order valence-electron chi connectivity index (χ4n) is 1.29. The Kier molecular flexibility index (Phi) is 1.88. The van der Waals surface area contributed by atoms with Gasteiger partial charge < -0.3 is 10.5 Å². The third kappa shape index (κ3) is 1.12. The van der Waals surface area contributed by atoms with Gasteiger partial charge in [0, 0.05) is 12.4 Å². The lowest BCUT2D eigenvalue weighted by Gasteiger charge is -1.98. The largest absolute Gasteiger partial charge is 0.462 e.